The summed E-state index contributed by atoms with van der Waals surface area (Å²) in [5.41, 5.74) is 0.917. The minimum absolute atomic E-state index is 0.128. The molecule has 2 bridgehead atoms. The first kappa shape index (κ1) is 21.7. The fraction of sp³-hybridized carbons (Fsp3) is 0.250. The highest BCUT2D eigenvalue weighted by Crippen LogP contribution is 2.53. The van der Waals surface area contributed by atoms with Crippen LogP contribution in [-0.4, -0.2) is 30.3 Å². The Labute approximate surface area is 199 Å². The molecule has 0 spiro atoms. The number of benzene rings is 2. The maximum absolute atomic E-state index is 12.9. The largest absolute Gasteiger partial charge is 0.452 e. The van der Waals surface area contributed by atoms with E-state index in [1.807, 2.05) is 12.2 Å². The molecular weight excluding hydrogens is 467 g/mol. The molecule has 1 heterocycles. The third-order valence-corrected chi connectivity index (χ3v) is 7.21. The number of carbonyl (C=O) groups is 4. The predicted octanol–water partition coefficient (Wildman–Crippen LogP) is 4.10. The van der Waals surface area contributed by atoms with Crippen molar-refractivity contribution in [3.8, 4) is 0 Å². The lowest BCUT2D eigenvalue weighted by atomic mass is 9.85. The lowest BCUT2D eigenvalue weighted by Gasteiger charge is -2.17. The molecule has 0 unspecified atom stereocenters. The summed E-state index contributed by atoms with van der Waals surface area (Å²) in [6.07, 6.45) is 4.94. The highest BCUT2D eigenvalue weighted by Gasteiger charge is 2.59. The van der Waals surface area contributed by atoms with Gasteiger partial charge in [-0.25, -0.2) is 4.79 Å². The van der Waals surface area contributed by atoms with Gasteiger partial charge in [-0.05, 0) is 54.7 Å². The smallest absolute Gasteiger partial charge is 0.338 e. The van der Waals surface area contributed by atoms with Gasteiger partial charge in [0.25, 0.3) is 5.91 Å². The Morgan fingerprint density at radius 3 is 2.24 bits per heavy atom. The van der Waals surface area contributed by atoms with Crippen molar-refractivity contribution in [2.24, 2.45) is 23.7 Å². The summed E-state index contributed by atoms with van der Waals surface area (Å²) in [7, 11) is 0. The van der Waals surface area contributed by atoms with E-state index >= 15 is 0 Å². The van der Waals surface area contributed by atoms with Crippen LogP contribution in [0.5, 0.6) is 0 Å². The van der Waals surface area contributed by atoms with Gasteiger partial charge >= 0.3 is 5.97 Å². The van der Waals surface area contributed by atoms with E-state index in [1.165, 1.54) is 29.2 Å². The van der Waals surface area contributed by atoms with Gasteiger partial charge < -0.3 is 10.1 Å². The molecule has 33 heavy (non-hydrogen) atoms. The van der Waals surface area contributed by atoms with Crippen molar-refractivity contribution in [2.75, 3.05) is 16.8 Å². The van der Waals surface area contributed by atoms with E-state index in [0.29, 0.717) is 11.4 Å². The highest BCUT2D eigenvalue weighted by molar-refractivity contribution is 6.44. The Morgan fingerprint density at radius 1 is 0.970 bits per heavy atom. The Morgan fingerprint density at radius 2 is 1.61 bits per heavy atom. The van der Waals surface area contributed by atoms with Crippen molar-refractivity contribution in [1.82, 2.24) is 0 Å². The van der Waals surface area contributed by atoms with Crippen molar-refractivity contribution in [2.45, 2.75) is 6.42 Å². The molecule has 0 aromatic heterocycles. The first-order valence-corrected chi connectivity index (χ1v) is 11.2. The van der Waals surface area contributed by atoms with E-state index in [2.05, 4.69) is 5.32 Å². The SMILES string of the molecule is O=C(COC(=O)c1ccc(N2C(=O)[C@@H]3[C@H](C2=O)[C@H]2C=C[C@H]3C2)cc1)Nc1cccc(Cl)c1Cl. The van der Waals surface area contributed by atoms with Gasteiger partial charge in [-0.15, -0.1) is 0 Å². The van der Waals surface area contributed by atoms with Crippen molar-refractivity contribution in [3.05, 3.63) is 70.2 Å². The molecule has 2 fully saturated rings. The van der Waals surface area contributed by atoms with Crippen LogP contribution in [0.2, 0.25) is 10.0 Å². The number of esters is 1. The zero-order valence-electron chi connectivity index (χ0n) is 17.2. The quantitative estimate of drug-likeness (QED) is 0.391. The number of halogens is 2. The summed E-state index contributed by atoms with van der Waals surface area (Å²) in [6.45, 7) is -0.522. The molecule has 9 heteroatoms. The van der Waals surface area contributed by atoms with Gasteiger partial charge in [0.1, 0.15) is 0 Å². The molecule has 168 valence electrons. The zero-order chi connectivity index (χ0) is 23.3. The lowest BCUT2D eigenvalue weighted by molar-refractivity contribution is -0.123. The number of fused-ring (bicyclic) bond motifs is 5. The molecule has 2 aliphatic carbocycles. The van der Waals surface area contributed by atoms with Crippen molar-refractivity contribution < 1.29 is 23.9 Å². The van der Waals surface area contributed by atoms with Gasteiger partial charge in [0.2, 0.25) is 11.8 Å². The van der Waals surface area contributed by atoms with Crippen LogP contribution in [0.3, 0.4) is 0 Å². The number of ether oxygens (including phenoxy) is 1. The van der Waals surface area contributed by atoms with Crippen LogP contribution < -0.4 is 10.2 Å². The van der Waals surface area contributed by atoms with Crippen LogP contribution in [0.15, 0.2) is 54.6 Å². The van der Waals surface area contributed by atoms with Gasteiger partial charge in [0, 0.05) is 0 Å². The molecule has 0 radical (unpaired) electrons. The Bertz CT molecular complexity index is 1180. The molecule has 1 N–H and O–H groups in total. The minimum atomic E-state index is -0.716. The van der Waals surface area contributed by atoms with Gasteiger partial charge in [0.05, 0.1) is 38.8 Å². The average Bonchev–Trinajstić information content (AvgIpc) is 3.49. The van der Waals surface area contributed by atoms with Crippen LogP contribution in [0.25, 0.3) is 0 Å². The second kappa shape index (κ2) is 8.32. The second-order valence-corrected chi connectivity index (χ2v) is 9.07. The van der Waals surface area contributed by atoms with E-state index in [0.717, 1.165) is 6.42 Å². The summed E-state index contributed by atoms with van der Waals surface area (Å²) in [6, 6.07) is 10.8. The maximum atomic E-state index is 12.9. The molecule has 3 amide bonds. The molecule has 3 aliphatic rings. The first-order chi connectivity index (χ1) is 15.8. The Kier molecular flexibility index (Phi) is 5.46. The third-order valence-electron chi connectivity index (χ3n) is 6.39. The topological polar surface area (TPSA) is 92.8 Å². The summed E-state index contributed by atoms with van der Waals surface area (Å²) < 4.78 is 5.05. The van der Waals surface area contributed by atoms with Crippen LogP contribution in [0.4, 0.5) is 11.4 Å². The number of rotatable bonds is 5. The molecular formula is C24H18Cl2N2O5. The molecule has 4 atom stereocenters. The predicted molar refractivity (Wildman–Crippen MR) is 122 cm³/mol. The van der Waals surface area contributed by atoms with Gasteiger partial charge in [-0.2, -0.15) is 0 Å². The Hall–Kier alpha value is -3.16. The number of allylic oxidation sites excluding steroid dienone is 2. The number of imide groups is 1. The first-order valence-electron chi connectivity index (χ1n) is 10.4. The van der Waals surface area contributed by atoms with Gasteiger partial charge in [-0.3, -0.25) is 19.3 Å². The Balaban J connectivity index is 1.21. The lowest BCUT2D eigenvalue weighted by Crippen LogP contribution is -2.32. The number of amides is 3. The normalized spacial score (nSPS) is 24.8. The summed E-state index contributed by atoms with van der Waals surface area (Å²) >= 11 is 11.9. The molecule has 1 aliphatic heterocycles. The van der Waals surface area contributed by atoms with Crippen LogP contribution in [0, 0.1) is 23.7 Å². The van der Waals surface area contributed by atoms with Crippen LogP contribution in [0.1, 0.15) is 16.8 Å². The fourth-order valence-corrected chi connectivity index (χ4v) is 5.25. The average molecular weight is 485 g/mol. The van der Waals surface area contributed by atoms with Crippen LogP contribution in [-0.2, 0) is 19.1 Å². The van der Waals surface area contributed by atoms with Gasteiger partial charge in [0.15, 0.2) is 6.61 Å². The summed E-state index contributed by atoms with van der Waals surface area (Å²) in [5, 5.41) is 3.00. The molecule has 7 nitrogen and oxygen atoms in total. The molecule has 2 aromatic rings. The second-order valence-electron chi connectivity index (χ2n) is 8.28. The summed E-state index contributed by atoms with van der Waals surface area (Å²) in [5.74, 6) is -1.99. The van der Waals surface area contributed by atoms with E-state index in [-0.39, 0.29) is 51.1 Å². The number of carbonyl (C=O) groups excluding carboxylic acids is 4. The van der Waals surface area contributed by atoms with Crippen LogP contribution >= 0.6 is 23.2 Å². The van der Waals surface area contributed by atoms with Crippen molar-refractivity contribution in [3.63, 3.8) is 0 Å². The van der Waals surface area contributed by atoms with E-state index in [4.69, 9.17) is 27.9 Å². The molecule has 2 aromatic carbocycles. The van der Waals surface area contributed by atoms with Crippen molar-refractivity contribution >= 4 is 58.3 Å². The highest BCUT2D eigenvalue weighted by atomic mass is 35.5. The standard InChI is InChI=1S/C24H18Cl2N2O5/c25-16-2-1-3-17(21(16)26)27-18(29)11-33-24(32)12-6-8-15(9-7-12)28-22(30)19-13-4-5-14(10-13)20(19)23(28)31/h1-9,13-14,19-20H,10-11H2,(H,27,29)/t13-,14-,19-,20+/m0/s1. The number of anilines is 2. The number of hydrogen-bond acceptors (Lipinski definition) is 5. The van der Waals surface area contributed by atoms with E-state index in [1.54, 1.807) is 18.2 Å². The third kappa shape index (κ3) is 3.71. The molecule has 5 rings (SSSR count). The van der Waals surface area contributed by atoms with E-state index in [9.17, 15) is 19.2 Å². The minimum Gasteiger partial charge on any atom is -0.452 e. The number of nitrogens with one attached hydrogen (secondary N) is 1. The fourth-order valence-electron chi connectivity index (χ4n) is 4.90. The number of hydrogen-bond donors (Lipinski definition) is 1. The molecule has 1 saturated carbocycles. The van der Waals surface area contributed by atoms with E-state index < -0.39 is 18.5 Å². The summed E-state index contributed by atoms with van der Waals surface area (Å²) in [4.78, 5) is 51.4. The number of nitrogens with zero attached hydrogens (tertiary/aromatic N) is 1. The maximum Gasteiger partial charge on any atom is 0.338 e. The zero-order valence-corrected chi connectivity index (χ0v) is 18.7. The van der Waals surface area contributed by atoms with Gasteiger partial charge in [-0.1, -0.05) is 41.4 Å². The van der Waals surface area contributed by atoms with Crippen molar-refractivity contribution in [1.29, 1.82) is 0 Å². The molecule has 1 saturated heterocycles. The monoisotopic (exact) mass is 484 g/mol.